The van der Waals surface area contributed by atoms with Crippen molar-refractivity contribution in [3.05, 3.63) is 54.5 Å². The summed E-state index contributed by atoms with van der Waals surface area (Å²) in [4.78, 5) is 41.7. The zero-order chi connectivity index (χ0) is 21.6. The molecule has 9 heteroatoms. The molecule has 0 aromatic heterocycles. The number of carbonyl (C=O) groups excluding carboxylic acids is 3. The number of amides is 1. The number of methoxy groups -OCH3 is 2. The first kappa shape index (κ1) is 21.8. The van der Waals surface area contributed by atoms with E-state index in [4.69, 9.17) is 9.47 Å². The molecule has 0 aliphatic carbocycles. The third-order valence-electron chi connectivity index (χ3n) is 4.00. The number of hydrogen-bond acceptors (Lipinski definition) is 8. The first-order chi connectivity index (χ1) is 13.8. The SMILES string of the molecule is COC(=O)/C=C(\C(=O)OC)N1C=CN(C)C1N(C(=O)OC(C)C)c1ccccc1. The number of para-hydroxylation sites is 1. The molecule has 0 radical (unpaired) electrons. The van der Waals surface area contributed by atoms with E-state index in [0.717, 1.165) is 6.08 Å². The Hall–Kier alpha value is -3.49. The van der Waals surface area contributed by atoms with Crippen LogP contribution in [0.25, 0.3) is 0 Å². The average molecular weight is 403 g/mol. The summed E-state index contributed by atoms with van der Waals surface area (Å²) in [5.74, 6) is -1.49. The van der Waals surface area contributed by atoms with Gasteiger partial charge in [0.1, 0.15) is 5.70 Å². The van der Waals surface area contributed by atoms with Gasteiger partial charge in [0, 0.05) is 19.4 Å². The smallest absolute Gasteiger partial charge is 0.417 e. The van der Waals surface area contributed by atoms with Crippen LogP contribution in [0.4, 0.5) is 10.5 Å². The highest BCUT2D eigenvalue weighted by Crippen LogP contribution is 2.29. The molecule has 156 valence electrons. The second-order valence-corrected chi connectivity index (χ2v) is 6.40. The van der Waals surface area contributed by atoms with E-state index in [1.54, 1.807) is 62.5 Å². The molecular weight excluding hydrogens is 378 g/mol. The summed E-state index contributed by atoms with van der Waals surface area (Å²) in [6.45, 7) is 3.49. The second-order valence-electron chi connectivity index (χ2n) is 6.40. The van der Waals surface area contributed by atoms with Crippen LogP contribution in [0.5, 0.6) is 0 Å². The summed E-state index contributed by atoms with van der Waals surface area (Å²) in [5.41, 5.74) is 0.453. The van der Waals surface area contributed by atoms with E-state index in [1.165, 1.54) is 24.0 Å². The van der Waals surface area contributed by atoms with Gasteiger partial charge in [-0.1, -0.05) is 18.2 Å². The Bertz CT molecular complexity index is 806. The minimum absolute atomic E-state index is 0.0942. The van der Waals surface area contributed by atoms with Gasteiger partial charge in [0.25, 0.3) is 0 Å². The molecule has 0 saturated heterocycles. The molecule has 9 nitrogen and oxygen atoms in total. The lowest BCUT2D eigenvalue weighted by Gasteiger charge is -2.39. The van der Waals surface area contributed by atoms with Crippen molar-refractivity contribution in [1.82, 2.24) is 9.80 Å². The van der Waals surface area contributed by atoms with Crippen LogP contribution in [0, 0.1) is 0 Å². The molecule has 1 aliphatic rings. The van der Waals surface area contributed by atoms with Gasteiger partial charge in [0.05, 0.1) is 32.1 Å². The lowest BCUT2D eigenvalue weighted by molar-refractivity contribution is -0.140. The summed E-state index contributed by atoms with van der Waals surface area (Å²) in [6.07, 6.45) is 2.45. The summed E-state index contributed by atoms with van der Waals surface area (Å²) < 4.78 is 14.9. The van der Waals surface area contributed by atoms with Crippen molar-refractivity contribution in [2.75, 3.05) is 26.2 Å². The van der Waals surface area contributed by atoms with Crippen LogP contribution in [0.3, 0.4) is 0 Å². The minimum Gasteiger partial charge on any atom is -0.466 e. The van der Waals surface area contributed by atoms with Crippen molar-refractivity contribution < 1.29 is 28.6 Å². The standard InChI is InChI=1S/C20H25N3O6/c1-14(2)29-20(26)23(15-9-7-6-8-10-15)19-21(3)11-12-22(19)16(18(25)28-5)13-17(24)27-4/h6-14,19H,1-5H3/b16-13+. The molecule has 0 bridgehead atoms. The Balaban J connectivity index is 2.54. The molecule has 1 unspecified atom stereocenters. The number of carbonyl (C=O) groups is 3. The van der Waals surface area contributed by atoms with E-state index in [2.05, 4.69) is 4.74 Å². The Morgan fingerprint density at radius 3 is 2.28 bits per heavy atom. The third-order valence-corrected chi connectivity index (χ3v) is 4.00. The fraction of sp³-hybridized carbons (Fsp3) is 0.350. The number of benzene rings is 1. The predicted octanol–water partition coefficient (Wildman–Crippen LogP) is 2.27. The van der Waals surface area contributed by atoms with Crippen molar-refractivity contribution in [1.29, 1.82) is 0 Å². The summed E-state index contributed by atoms with van der Waals surface area (Å²) >= 11 is 0. The lowest BCUT2D eigenvalue weighted by atomic mass is 10.3. The number of esters is 2. The number of ether oxygens (including phenoxy) is 3. The maximum Gasteiger partial charge on any atom is 0.417 e. The van der Waals surface area contributed by atoms with Crippen LogP contribution in [0.1, 0.15) is 13.8 Å². The number of rotatable bonds is 6. The van der Waals surface area contributed by atoms with Crippen LogP contribution in [0.15, 0.2) is 54.5 Å². The molecule has 0 fully saturated rings. The highest BCUT2D eigenvalue weighted by molar-refractivity contribution is 5.96. The maximum atomic E-state index is 13.0. The van der Waals surface area contributed by atoms with Gasteiger partial charge in [-0.15, -0.1) is 0 Å². The fourth-order valence-electron chi connectivity index (χ4n) is 2.73. The van der Waals surface area contributed by atoms with Crippen molar-refractivity contribution in [2.45, 2.75) is 26.2 Å². The van der Waals surface area contributed by atoms with Gasteiger partial charge in [0.2, 0.25) is 0 Å². The second kappa shape index (κ2) is 9.63. The van der Waals surface area contributed by atoms with Gasteiger partial charge in [-0.2, -0.15) is 0 Å². The Morgan fingerprint density at radius 2 is 1.72 bits per heavy atom. The minimum atomic E-state index is -0.821. The van der Waals surface area contributed by atoms with Crippen LogP contribution >= 0.6 is 0 Å². The Labute approximate surface area is 169 Å². The molecule has 0 spiro atoms. The molecule has 2 rings (SSSR count). The normalized spacial score (nSPS) is 16.1. The van der Waals surface area contributed by atoms with E-state index in [1.807, 2.05) is 6.07 Å². The van der Waals surface area contributed by atoms with E-state index >= 15 is 0 Å². The van der Waals surface area contributed by atoms with Gasteiger partial charge in [-0.3, -0.25) is 0 Å². The van der Waals surface area contributed by atoms with E-state index in [9.17, 15) is 14.4 Å². The van der Waals surface area contributed by atoms with E-state index in [0.29, 0.717) is 5.69 Å². The molecule has 1 aliphatic heterocycles. The number of nitrogens with zero attached hydrogens (tertiary/aromatic N) is 3. The van der Waals surface area contributed by atoms with Gasteiger partial charge in [-0.05, 0) is 26.0 Å². The van der Waals surface area contributed by atoms with Gasteiger partial charge in [0.15, 0.2) is 6.29 Å². The summed E-state index contributed by atoms with van der Waals surface area (Å²) in [5, 5.41) is 0. The first-order valence-electron chi connectivity index (χ1n) is 8.91. The zero-order valence-corrected chi connectivity index (χ0v) is 17.1. The largest absolute Gasteiger partial charge is 0.466 e. The van der Waals surface area contributed by atoms with Crippen LogP contribution in [0.2, 0.25) is 0 Å². The third kappa shape index (κ3) is 5.07. The van der Waals surface area contributed by atoms with Crippen LogP contribution in [-0.2, 0) is 23.8 Å². The van der Waals surface area contributed by atoms with Gasteiger partial charge < -0.3 is 24.0 Å². The van der Waals surface area contributed by atoms with E-state index in [-0.39, 0.29) is 11.8 Å². The zero-order valence-electron chi connectivity index (χ0n) is 17.1. The van der Waals surface area contributed by atoms with Crippen LogP contribution < -0.4 is 4.90 Å². The number of anilines is 1. The fourth-order valence-corrected chi connectivity index (χ4v) is 2.73. The van der Waals surface area contributed by atoms with Crippen LogP contribution in [-0.4, -0.2) is 61.5 Å². The average Bonchev–Trinajstić information content (AvgIpc) is 3.06. The maximum absolute atomic E-state index is 13.0. The Morgan fingerprint density at radius 1 is 1.07 bits per heavy atom. The number of hydrogen-bond donors (Lipinski definition) is 0. The Kier molecular flexibility index (Phi) is 7.24. The lowest BCUT2D eigenvalue weighted by Crippen LogP contribution is -2.54. The van der Waals surface area contributed by atoms with Gasteiger partial charge >= 0.3 is 18.0 Å². The van der Waals surface area contributed by atoms with Crippen molar-refractivity contribution in [2.24, 2.45) is 0 Å². The molecule has 1 amide bonds. The molecular formula is C20H25N3O6. The topological polar surface area (TPSA) is 88.6 Å². The molecule has 1 aromatic carbocycles. The molecule has 0 saturated carbocycles. The van der Waals surface area contributed by atoms with Crippen molar-refractivity contribution in [3.63, 3.8) is 0 Å². The predicted molar refractivity (Wildman–Crippen MR) is 105 cm³/mol. The highest BCUT2D eigenvalue weighted by Gasteiger charge is 2.39. The van der Waals surface area contributed by atoms with Crippen molar-refractivity contribution in [3.8, 4) is 0 Å². The van der Waals surface area contributed by atoms with Crippen molar-refractivity contribution >= 4 is 23.7 Å². The first-order valence-corrected chi connectivity index (χ1v) is 8.91. The molecule has 29 heavy (non-hydrogen) atoms. The monoisotopic (exact) mass is 403 g/mol. The summed E-state index contributed by atoms with van der Waals surface area (Å²) in [6, 6.07) is 8.87. The van der Waals surface area contributed by atoms with E-state index < -0.39 is 24.3 Å². The summed E-state index contributed by atoms with van der Waals surface area (Å²) in [7, 11) is 4.13. The van der Waals surface area contributed by atoms with Gasteiger partial charge in [-0.25, -0.2) is 19.3 Å². The molecule has 1 heterocycles. The molecule has 1 aromatic rings. The molecule has 1 atom stereocenters. The highest BCUT2D eigenvalue weighted by atomic mass is 16.6. The quantitative estimate of drug-likeness (QED) is 0.406. The molecule has 0 N–H and O–H groups in total.